The van der Waals surface area contributed by atoms with Crippen LogP contribution in [0.1, 0.15) is 26.7 Å². The van der Waals surface area contributed by atoms with Crippen molar-refractivity contribution in [3.63, 3.8) is 0 Å². The number of nitrogens with two attached hydrogens (primary N) is 1. The molecule has 0 aliphatic heterocycles. The Kier molecular flexibility index (Phi) is 1.44. The molecular formula is C8H12N2. The first-order chi connectivity index (χ1) is 4.58. The molecule has 0 saturated heterocycles. The van der Waals surface area contributed by atoms with Crippen molar-refractivity contribution in [2.75, 3.05) is 0 Å². The van der Waals surface area contributed by atoms with E-state index >= 15 is 0 Å². The van der Waals surface area contributed by atoms with Crippen molar-refractivity contribution in [2.45, 2.75) is 26.7 Å². The van der Waals surface area contributed by atoms with Gasteiger partial charge in [0.1, 0.15) is 0 Å². The quantitative estimate of drug-likeness (QED) is 0.549. The highest BCUT2D eigenvalue weighted by Crippen LogP contribution is 2.39. The zero-order valence-corrected chi connectivity index (χ0v) is 6.44. The molecule has 0 amide bonds. The van der Waals surface area contributed by atoms with Crippen LogP contribution in [0.5, 0.6) is 0 Å². The highest BCUT2D eigenvalue weighted by Gasteiger charge is 2.31. The maximum atomic E-state index is 8.68. The summed E-state index contributed by atoms with van der Waals surface area (Å²) < 4.78 is 0. The standard InChI is InChI=1S/C8H12N2/c1-8(2)4-3-7(10)6(8)5-9/h3-4,10H2,1-2H3. The van der Waals surface area contributed by atoms with Gasteiger partial charge >= 0.3 is 0 Å². The van der Waals surface area contributed by atoms with E-state index in [1.54, 1.807) is 0 Å². The molecule has 0 saturated carbocycles. The van der Waals surface area contributed by atoms with Crippen LogP contribution in [0.2, 0.25) is 0 Å². The Hall–Kier alpha value is -0.970. The van der Waals surface area contributed by atoms with E-state index < -0.39 is 0 Å². The van der Waals surface area contributed by atoms with Crippen molar-refractivity contribution < 1.29 is 0 Å². The van der Waals surface area contributed by atoms with Gasteiger partial charge in [-0.05, 0) is 12.8 Å². The van der Waals surface area contributed by atoms with Gasteiger partial charge in [0.25, 0.3) is 0 Å². The van der Waals surface area contributed by atoms with Crippen LogP contribution in [-0.4, -0.2) is 0 Å². The van der Waals surface area contributed by atoms with Gasteiger partial charge in [-0.15, -0.1) is 0 Å². The van der Waals surface area contributed by atoms with E-state index in [4.69, 9.17) is 11.0 Å². The van der Waals surface area contributed by atoms with Crippen molar-refractivity contribution in [1.82, 2.24) is 0 Å². The monoisotopic (exact) mass is 136 g/mol. The number of nitrogens with zero attached hydrogens (tertiary/aromatic N) is 1. The van der Waals surface area contributed by atoms with Crippen LogP contribution >= 0.6 is 0 Å². The lowest BCUT2D eigenvalue weighted by Crippen LogP contribution is -2.09. The third-order valence-corrected chi connectivity index (χ3v) is 2.13. The fourth-order valence-electron chi connectivity index (χ4n) is 1.35. The minimum Gasteiger partial charge on any atom is -0.401 e. The minimum absolute atomic E-state index is 0.0266. The van der Waals surface area contributed by atoms with E-state index in [0.29, 0.717) is 0 Å². The summed E-state index contributed by atoms with van der Waals surface area (Å²) in [6, 6.07) is 2.16. The molecule has 0 aromatic rings. The Bertz CT molecular complexity index is 218. The summed E-state index contributed by atoms with van der Waals surface area (Å²) >= 11 is 0. The van der Waals surface area contributed by atoms with Crippen LogP contribution in [0.3, 0.4) is 0 Å². The van der Waals surface area contributed by atoms with Crippen LogP contribution in [0.15, 0.2) is 11.3 Å². The third kappa shape index (κ3) is 0.881. The fourth-order valence-corrected chi connectivity index (χ4v) is 1.35. The predicted octanol–water partition coefficient (Wildman–Crippen LogP) is 1.54. The second kappa shape index (κ2) is 2.02. The Morgan fingerprint density at radius 1 is 1.60 bits per heavy atom. The van der Waals surface area contributed by atoms with Gasteiger partial charge in [-0.25, -0.2) is 0 Å². The molecule has 1 aliphatic rings. The molecule has 0 aromatic heterocycles. The molecule has 0 heterocycles. The van der Waals surface area contributed by atoms with Gasteiger partial charge in [0.05, 0.1) is 11.6 Å². The SMILES string of the molecule is CC1(C)CCC(N)=C1C#N. The van der Waals surface area contributed by atoms with Crippen LogP contribution in [-0.2, 0) is 0 Å². The van der Waals surface area contributed by atoms with Crippen LogP contribution in [0.25, 0.3) is 0 Å². The van der Waals surface area contributed by atoms with Gasteiger partial charge in [-0.1, -0.05) is 13.8 Å². The molecule has 2 N–H and O–H groups in total. The molecule has 0 atom stereocenters. The molecule has 1 rings (SSSR count). The maximum Gasteiger partial charge on any atom is 0.0970 e. The number of allylic oxidation sites excluding steroid dienone is 2. The number of hydrogen-bond donors (Lipinski definition) is 1. The first-order valence-electron chi connectivity index (χ1n) is 3.47. The van der Waals surface area contributed by atoms with Crippen molar-refractivity contribution in [1.29, 1.82) is 5.26 Å². The molecule has 54 valence electrons. The second-order valence-corrected chi connectivity index (χ2v) is 3.40. The molecule has 0 aromatic carbocycles. The van der Waals surface area contributed by atoms with Crippen LogP contribution in [0, 0.1) is 16.7 Å². The zero-order valence-electron chi connectivity index (χ0n) is 6.44. The lowest BCUT2D eigenvalue weighted by Gasteiger charge is -2.15. The van der Waals surface area contributed by atoms with Gasteiger partial charge in [-0.2, -0.15) is 5.26 Å². The van der Waals surface area contributed by atoms with E-state index in [-0.39, 0.29) is 5.41 Å². The number of nitriles is 1. The fraction of sp³-hybridized carbons (Fsp3) is 0.625. The summed E-state index contributed by atoms with van der Waals surface area (Å²) in [7, 11) is 0. The Balaban J connectivity index is 3.01. The number of rotatable bonds is 0. The lowest BCUT2D eigenvalue weighted by atomic mass is 9.86. The molecule has 0 unspecified atom stereocenters. The summed E-state index contributed by atoms with van der Waals surface area (Å²) in [4.78, 5) is 0. The Morgan fingerprint density at radius 3 is 2.40 bits per heavy atom. The van der Waals surface area contributed by atoms with E-state index in [0.717, 1.165) is 24.1 Å². The molecule has 0 spiro atoms. The van der Waals surface area contributed by atoms with Gasteiger partial charge in [-0.3, -0.25) is 0 Å². The van der Waals surface area contributed by atoms with Gasteiger partial charge in [0, 0.05) is 11.1 Å². The average Bonchev–Trinajstić information content (AvgIpc) is 2.07. The van der Waals surface area contributed by atoms with Crippen molar-refractivity contribution in [3.05, 3.63) is 11.3 Å². The Morgan fingerprint density at radius 2 is 2.20 bits per heavy atom. The predicted molar refractivity (Wildman–Crippen MR) is 39.8 cm³/mol. The normalized spacial score (nSPS) is 22.9. The highest BCUT2D eigenvalue weighted by molar-refractivity contribution is 5.36. The van der Waals surface area contributed by atoms with E-state index in [1.807, 2.05) is 0 Å². The minimum atomic E-state index is 0.0266. The van der Waals surface area contributed by atoms with E-state index in [2.05, 4.69) is 19.9 Å². The van der Waals surface area contributed by atoms with Crippen molar-refractivity contribution >= 4 is 0 Å². The summed E-state index contributed by atoms with van der Waals surface area (Å²) in [5, 5.41) is 8.68. The highest BCUT2D eigenvalue weighted by atomic mass is 14.6. The first kappa shape index (κ1) is 7.14. The molecule has 1 aliphatic carbocycles. The van der Waals surface area contributed by atoms with Crippen LogP contribution in [0.4, 0.5) is 0 Å². The molecule has 0 radical (unpaired) electrons. The summed E-state index contributed by atoms with van der Waals surface area (Å²) in [5.74, 6) is 0. The second-order valence-electron chi connectivity index (χ2n) is 3.40. The van der Waals surface area contributed by atoms with E-state index in [9.17, 15) is 0 Å². The smallest absolute Gasteiger partial charge is 0.0970 e. The molecule has 0 fully saturated rings. The summed E-state index contributed by atoms with van der Waals surface area (Å²) in [5.41, 5.74) is 7.22. The van der Waals surface area contributed by atoms with Gasteiger partial charge < -0.3 is 5.73 Å². The summed E-state index contributed by atoms with van der Waals surface area (Å²) in [6.45, 7) is 4.12. The van der Waals surface area contributed by atoms with E-state index in [1.165, 1.54) is 0 Å². The zero-order chi connectivity index (χ0) is 7.78. The molecule has 2 nitrogen and oxygen atoms in total. The maximum absolute atomic E-state index is 8.68. The van der Waals surface area contributed by atoms with Gasteiger partial charge in [0.2, 0.25) is 0 Å². The largest absolute Gasteiger partial charge is 0.401 e. The Labute approximate surface area is 61.3 Å². The third-order valence-electron chi connectivity index (χ3n) is 2.13. The lowest BCUT2D eigenvalue weighted by molar-refractivity contribution is 0.453. The summed E-state index contributed by atoms with van der Waals surface area (Å²) in [6.07, 6.45) is 1.90. The average molecular weight is 136 g/mol. The topological polar surface area (TPSA) is 49.8 Å². The molecular weight excluding hydrogens is 124 g/mol. The van der Waals surface area contributed by atoms with Crippen LogP contribution < -0.4 is 5.73 Å². The molecule has 0 bridgehead atoms. The molecule has 2 heteroatoms. The first-order valence-corrected chi connectivity index (χ1v) is 3.47. The van der Waals surface area contributed by atoms with Gasteiger partial charge in [0.15, 0.2) is 0 Å². The van der Waals surface area contributed by atoms with Crippen molar-refractivity contribution in [3.8, 4) is 6.07 Å². The van der Waals surface area contributed by atoms with Crippen molar-refractivity contribution in [2.24, 2.45) is 11.1 Å². The molecule has 10 heavy (non-hydrogen) atoms. The number of hydrogen-bond acceptors (Lipinski definition) is 2.